The summed E-state index contributed by atoms with van der Waals surface area (Å²) in [6, 6.07) is 46.3. The van der Waals surface area contributed by atoms with Crippen LogP contribution in [0.4, 0.5) is 0 Å². The van der Waals surface area contributed by atoms with Gasteiger partial charge in [-0.05, 0) is 62.1 Å². The van der Waals surface area contributed by atoms with Gasteiger partial charge in [-0.3, -0.25) is 0 Å². The highest BCUT2D eigenvalue weighted by atomic mass is 15.0. The van der Waals surface area contributed by atoms with Gasteiger partial charge in [0.15, 0.2) is 0 Å². The van der Waals surface area contributed by atoms with Gasteiger partial charge in [-0.2, -0.15) is 0 Å². The number of fused-ring (bicyclic) bond motifs is 20. The monoisotopic (exact) mass is 738 g/mol. The molecule has 0 atom stereocenters. The van der Waals surface area contributed by atoms with E-state index in [4.69, 9.17) is 0 Å². The van der Waals surface area contributed by atoms with E-state index in [1.807, 2.05) is 0 Å². The third-order valence-corrected chi connectivity index (χ3v) is 13.8. The van der Waals surface area contributed by atoms with Crippen molar-refractivity contribution in [3.8, 4) is 0 Å². The Bertz CT molecular complexity index is 3860. The van der Waals surface area contributed by atoms with E-state index in [-0.39, 0.29) is 0 Å². The minimum Gasteiger partial charge on any atom is -0.308 e. The lowest BCUT2D eigenvalue weighted by molar-refractivity contribution is 1.02. The van der Waals surface area contributed by atoms with Crippen LogP contribution in [0.5, 0.6) is 0 Å². The normalized spacial score (nSPS) is 15.4. The van der Waals surface area contributed by atoms with Gasteiger partial charge in [0.25, 0.3) is 0 Å². The minimum atomic E-state index is 1.06. The zero-order chi connectivity index (χ0) is 37.4. The lowest BCUT2D eigenvalue weighted by atomic mass is 10.0. The van der Waals surface area contributed by atoms with Gasteiger partial charge in [-0.15, -0.1) is 0 Å². The van der Waals surface area contributed by atoms with Crippen LogP contribution >= 0.6 is 0 Å². The summed E-state index contributed by atoms with van der Waals surface area (Å²) < 4.78 is 10.3. The van der Waals surface area contributed by atoms with Crippen LogP contribution in [0.25, 0.3) is 131 Å². The summed E-state index contributed by atoms with van der Waals surface area (Å²) >= 11 is 0. The van der Waals surface area contributed by atoms with E-state index < -0.39 is 0 Å². The molecule has 0 saturated carbocycles. The first-order chi connectivity index (χ1) is 28.8. The van der Waals surface area contributed by atoms with Crippen LogP contribution in [0.3, 0.4) is 0 Å². The molecule has 6 aromatic heterocycles. The largest absolute Gasteiger partial charge is 0.308 e. The fraction of sp³-hybridized carbons (Fsp3) is 0.0741. The third-order valence-electron chi connectivity index (χ3n) is 13.8. The molecule has 6 heterocycles. The molecule has 0 amide bonds. The summed E-state index contributed by atoms with van der Waals surface area (Å²) in [4.78, 5) is 0. The summed E-state index contributed by atoms with van der Waals surface area (Å²) in [6.45, 7) is 0. The maximum atomic E-state index is 2.62. The zero-order valence-corrected chi connectivity index (χ0v) is 31.6. The Balaban J connectivity index is 1.16. The molecule has 7 aromatic carbocycles. The Kier molecular flexibility index (Phi) is 5.34. The molecular formula is C54H34N4. The van der Waals surface area contributed by atoms with Crippen LogP contribution in [-0.4, -0.2) is 17.9 Å². The predicted molar refractivity (Wildman–Crippen MR) is 247 cm³/mol. The fourth-order valence-electron chi connectivity index (χ4n) is 11.6. The number of rotatable bonds is 2. The number of nitrogens with zero attached hydrogens (tertiary/aromatic N) is 4. The molecule has 0 saturated heterocycles. The van der Waals surface area contributed by atoms with Crippen molar-refractivity contribution < 1.29 is 0 Å². The Labute approximate surface area is 331 Å². The van der Waals surface area contributed by atoms with Crippen molar-refractivity contribution >= 4 is 131 Å². The second-order valence-corrected chi connectivity index (χ2v) is 16.6. The van der Waals surface area contributed by atoms with Crippen LogP contribution < -0.4 is 0 Å². The number of allylic oxidation sites excluding steroid dienone is 8. The number of benzene rings is 7. The molecular weight excluding hydrogens is 705 g/mol. The molecule has 2 aliphatic rings. The zero-order valence-electron chi connectivity index (χ0n) is 31.6. The highest BCUT2D eigenvalue weighted by Crippen LogP contribution is 2.49. The van der Waals surface area contributed by atoms with E-state index in [0.29, 0.717) is 0 Å². The maximum Gasteiger partial charge on any atom is 0.0789 e. The standard InChI is InChI=1S/C54H34N4/c1-3-13-31(14-4-1)55-45-23-9-7-17-33(45)39-25-27-41-35-19-11-21-37-43-30-48-44(29-47(43)57(49(35)37)53(41)51(39)55)38-22-12-20-36-42-28-26-40-34-18-8-10-24-46(34)56(32-15-5-2-6-16-32)52(40)54(42)58(48)50(36)38/h3,5,7-30H,1-2,4,6H2. The highest BCUT2D eigenvalue weighted by molar-refractivity contribution is 6.33. The molecule has 2 aliphatic carbocycles. The first kappa shape index (κ1) is 29.9. The molecule has 15 rings (SSSR count). The molecule has 0 fully saturated rings. The number of aromatic nitrogens is 4. The van der Waals surface area contributed by atoms with Crippen LogP contribution in [0.1, 0.15) is 25.7 Å². The molecule has 58 heavy (non-hydrogen) atoms. The first-order valence-electron chi connectivity index (χ1n) is 20.8. The lowest BCUT2D eigenvalue weighted by Gasteiger charge is -2.13. The van der Waals surface area contributed by atoms with E-state index >= 15 is 0 Å². The topological polar surface area (TPSA) is 18.7 Å². The van der Waals surface area contributed by atoms with Gasteiger partial charge in [0.05, 0.1) is 55.2 Å². The van der Waals surface area contributed by atoms with Gasteiger partial charge >= 0.3 is 0 Å². The molecule has 0 N–H and O–H groups in total. The van der Waals surface area contributed by atoms with Crippen LogP contribution in [0.15, 0.2) is 158 Å². The Morgan fingerprint density at radius 3 is 1.10 bits per heavy atom. The van der Waals surface area contributed by atoms with Crippen LogP contribution in [-0.2, 0) is 0 Å². The summed E-state index contributed by atoms with van der Waals surface area (Å²) in [5.74, 6) is 0. The fourth-order valence-corrected chi connectivity index (χ4v) is 11.6. The van der Waals surface area contributed by atoms with E-state index in [1.54, 1.807) is 0 Å². The molecule has 270 valence electrons. The summed E-state index contributed by atoms with van der Waals surface area (Å²) in [5.41, 5.74) is 15.3. The van der Waals surface area contributed by atoms with Crippen molar-refractivity contribution in [2.24, 2.45) is 0 Å². The van der Waals surface area contributed by atoms with Crippen molar-refractivity contribution in [1.29, 1.82) is 0 Å². The number of para-hydroxylation sites is 4. The van der Waals surface area contributed by atoms with E-state index in [1.165, 1.54) is 131 Å². The summed E-state index contributed by atoms with van der Waals surface area (Å²) in [7, 11) is 0. The third kappa shape index (κ3) is 3.39. The maximum absolute atomic E-state index is 2.62. The second kappa shape index (κ2) is 10.4. The SMILES string of the molecule is C1=CC(n2c3ccccc3c3ccc4c5cccc6c7cc8c(cc7n(c65)c4c32)c2cccc3c4ccc5c6ccccc6n(C6=CCCC=C6)c5c4n8c23)=CCC1. The molecule has 4 nitrogen and oxygen atoms in total. The quantitative estimate of drug-likeness (QED) is 0.168. The predicted octanol–water partition coefficient (Wildman–Crippen LogP) is 14.6. The van der Waals surface area contributed by atoms with Gasteiger partial charge in [-0.25, -0.2) is 0 Å². The van der Waals surface area contributed by atoms with Crippen molar-refractivity contribution in [2.75, 3.05) is 0 Å². The smallest absolute Gasteiger partial charge is 0.0789 e. The molecule has 0 spiro atoms. The van der Waals surface area contributed by atoms with Crippen molar-refractivity contribution in [3.05, 3.63) is 158 Å². The molecule has 0 radical (unpaired) electrons. The van der Waals surface area contributed by atoms with Crippen LogP contribution in [0, 0.1) is 0 Å². The van der Waals surface area contributed by atoms with Gasteiger partial charge in [0, 0.05) is 76.0 Å². The van der Waals surface area contributed by atoms with Gasteiger partial charge < -0.3 is 17.9 Å². The minimum absolute atomic E-state index is 1.06. The average Bonchev–Trinajstić information content (AvgIpc) is 4.11. The molecule has 0 bridgehead atoms. The average molecular weight is 739 g/mol. The highest BCUT2D eigenvalue weighted by Gasteiger charge is 2.27. The number of hydrogen-bond donors (Lipinski definition) is 0. The van der Waals surface area contributed by atoms with Crippen molar-refractivity contribution in [1.82, 2.24) is 17.9 Å². The lowest BCUT2D eigenvalue weighted by Crippen LogP contribution is -1.98. The van der Waals surface area contributed by atoms with Gasteiger partial charge in [0.1, 0.15) is 0 Å². The molecule has 0 aliphatic heterocycles. The van der Waals surface area contributed by atoms with Crippen molar-refractivity contribution in [2.45, 2.75) is 25.7 Å². The second-order valence-electron chi connectivity index (χ2n) is 16.6. The number of hydrogen-bond acceptors (Lipinski definition) is 0. The van der Waals surface area contributed by atoms with E-state index in [0.717, 1.165) is 25.7 Å². The van der Waals surface area contributed by atoms with Gasteiger partial charge in [-0.1, -0.05) is 121 Å². The van der Waals surface area contributed by atoms with Gasteiger partial charge in [0.2, 0.25) is 0 Å². The Hall–Kier alpha value is -7.30. The van der Waals surface area contributed by atoms with Crippen LogP contribution in [0.2, 0.25) is 0 Å². The summed E-state index contributed by atoms with van der Waals surface area (Å²) in [5, 5.41) is 15.6. The summed E-state index contributed by atoms with van der Waals surface area (Å²) in [6.07, 6.45) is 18.4. The first-order valence-corrected chi connectivity index (χ1v) is 20.8. The molecule has 13 aromatic rings. The van der Waals surface area contributed by atoms with E-state index in [2.05, 4.69) is 176 Å². The van der Waals surface area contributed by atoms with Crippen molar-refractivity contribution in [3.63, 3.8) is 0 Å². The molecule has 0 unspecified atom stereocenters. The van der Waals surface area contributed by atoms with E-state index in [9.17, 15) is 0 Å². The molecule has 4 heteroatoms. The Morgan fingerprint density at radius 1 is 0.293 bits per heavy atom. The Morgan fingerprint density at radius 2 is 0.672 bits per heavy atom.